The number of hydrogen-bond donors (Lipinski definition) is 0. The second-order valence-corrected chi connectivity index (χ2v) is 10.8. The summed E-state index contributed by atoms with van der Waals surface area (Å²) < 4.78 is 11.8. The number of ether oxygens (including phenoxy) is 2. The van der Waals surface area contributed by atoms with E-state index >= 15 is 0 Å². The molecule has 1 amide bonds. The maximum atomic E-state index is 13.3. The minimum absolute atomic E-state index is 0.265. The van der Waals surface area contributed by atoms with E-state index in [0.29, 0.717) is 10.6 Å². The van der Waals surface area contributed by atoms with Crippen LogP contribution in [-0.4, -0.2) is 36.2 Å². The number of likely N-dealkylation sites (N-methyl/N-ethyl adjacent to an activating group) is 1. The molecule has 4 rings (SSSR count). The molecule has 4 aromatic carbocycles. The molecule has 0 bridgehead atoms. The molecule has 0 saturated carbocycles. The van der Waals surface area contributed by atoms with E-state index in [0.717, 1.165) is 21.9 Å². The van der Waals surface area contributed by atoms with Crippen molar-refractivity contribution in [3.8, 4) is 0 Å². The summed E-state index contributed by atoms with van der Waals surface area (Å²) in [5, 5.41) is 2.70. The summed E-state index contributed by atoms with van der Waals surface area (Å²) >= 11 is 6.03. The van der Waals surface area contributed by atoms with Crippen LogP contribution in [0.5, 0.6) is 0 Å². The molecule has 0 aliphatic heterocycles. The highest BCUT2D eigenvalue weighted by Gasteiger charge is 2.32. The molecule has 196 valence electrons. The fraction of sp³-hybridized carbons (Fsp3) is 0.250. The number of nitrogens with zero attached hydrogens (tertiary/aromatic N) is 1. The summed E-state index contributed by atoms with van der Waals surface area (Å²) in [5.74, 6) is -0.850. The molecule has 0 fully saturated rings. The summed E-state index contributed by atoms with van der Waals surface area (Å²) in [6, 6.07) is 30.5. The number of carbonyl (C=O) groups excluding carboxylic acids is 2. The second-order valence-electron chi connectivity index (χ2n) is 10.3. The van der Waals surface area contributed by atoms with Crippen molar-refractivity contribution in [2.75, 3.05) is 13.6 Å². The smallest absolute Gasteiger partial charge is 0.410 e. The van der Waals surface area contributed by atoms with E-state index in [1.54, 1.807) is 31.3 Å². The van der Waals surface area contributed by atoms with Crippen LogP contribution < -0.4 is 0 Å². The average molecular weight is 530 g/mol. The third-order valence-corrected chi connectivity index (χ3v) is 6.44. The van der Waals surface area contributed by atoms with Crippen LogP contribution in [0.15, 0.2) is 97.1 Å². The third kappa shape index (κ3) is 6.93. The summed E-state index contributed by atoms with van der Waals surface area (Å²) in [6.45, 7) is 5.77. The molecule has 0 heterocycles. The standard InChI is InChI=1S/C32H32ClNO4/c1-32(2,3)38-31(36)34(4)21-28(26-15-14-22-10-8-9-13-25(22)20-26)29(23-11-6-5-7-12-23)37-30(35)24-16-18-27(33)19-17-24/h5-20,28-29H,21H2,1-4H3. The molecule has 0 spiro atoms. The number of rotatable bonds is 7. The van der Waals surface area contributed by atoms with Gasteiger partial charge in [0.15, 0.2) is 0 Å². The van der Waals surface area contributed by atoms with Crippen LogP contribution in [0, 0.1) is 0 Å². The first-order valence-corrected chi connectivity index (χ1v) is 12.9. The van der Waals surface area contributed by atoms with Gasteiger partial charge < -0.3 is 14.4 Å². The van der Waals surface area contributed by atoms with E-state index in [-0.39, 0.29) is 12.5 Å². The van der Waals surface area contributed by atoms with Crippen molar-refractivity contribution in [1.82, 2.24) is 4.90 Å². The van der Waals surface area contributed by atoms with Gasteiger partial charge in [-0.3, -0.25) is 0 Å². The number of carbonyl (C=O) groups is 2. The Kier molecular flexibility index (Phi) is 8.38. The third-order valence-electron chi connectivity index (χ3n) is 6.18. The highest BCUT2D eigenvalue weighted by atomic mass is 35.5. The van der Waals surface area contributed by atoms with Crippen LogP contribution in [0.2, 0.25) is 5.02 Å². The van der Waals surface area contributed by atoms with E-state index in [1.165, 1.54) is 4.90 Å². The number of benzene rings is 4. The van der Waals surface area contributed by atoms with Gasteiger partial charge in [-0.05, 0) is 66.9 Å². The molecular weight excluding hydrogens is 498 g/mol. The average Bonchev–Trinajstić information content (AvgIpc) is 2.90. The number of amides is 1. The van der Waals surface area contributed by atoms with Gasteiger partial charge in [-0.25, -0.2) is 9.59 Å². The molecule has 0 aromatic heterocycles. The van der Waals surface area contributed by atoms with Crippen LogP contribution in [0.4, 0.5) is 4.79 Å². The van der Waals surface area contributed by atoms with Gasteiger partial charge in [0.25, 0.3) is 0 Å². The Labute approximate surface area is 228 Å². The number of esters is 1. The van der Waals surface area contributed by atoms with Gasteiger partial charge in [-0.15, -0.1) is 0 Å². The second kappa shape index (κ2) is 11.7. The van der Waals surface area contributed by atoms with Crippen molar-refractivity contribution in [1.29, 1.82) is 0 Å². The zero-order chi connectivity index (χ0) is 27.3. The summed E-state index contributed by atoms with van der Waals surface area (Å²) in [5.41, 5.74) is 1.53. The van der Waals surface area contributed by atoms with Gasteiger partial charge in [0.05, 0.1) is 5.56 Å². The molecule has 2 atom stereocenters. The van der Waals surface area contributed by atoms with Gasteiger partial charge in [0.2, 0.25) is 0 Å². The topological polar surface area (TPSA) is 55.8 Å². The SMILES string of the molecule is CN(CC(c1ccc2ccccc2c1)C(OC(=O)c1ccc(Cl)cc1)c1ccccc1)C(=O)OC(C)(C)C. The Bertz CT molecular complexity index is 1400. The monoisotopic (exact) mass is 529 g/mol. The Balaban J connectivity index is 1.76. The molecule has 0 aliphatic rings. The van der Waals surface area contributed by atoms with Crippen LogP contribution in [0.1, 0.15) is 54.3 Å². The minimum atomic E-state index is -0.676. The van der Waals surface area contributed by atoms with Crippen molar-refractivity contribution in [3.63, 3.8) is 0 Å². The highest BCUT2D eigenvalue weighted by molar-refractivity contribution is 6.30. The Morgan fingerprint density at radius 3 is 2.11 bits per heavy atom. The van der Waals surface area contributed by atoms with Gasteiger partial charge >= 0.3 is 12.1 Å². The molecule has 2 unspecified atom stereocenters. The van der Waals surface area contributed by atoms with E-state index in [4.69, 9.17) is 21.1 Å². The lowest BCUT2D eigenvalue weighted by molar-refractivity contribution is 0.0123. The van der Waals surface area contributed by atoms with Gasteiger partial charge in [0.1, 0.15) is 11.7 Å². The molecule has 4 aromatic rings. The van der Waals surface area contributed by atoms with E-state index in [1.807, 2.05) is 81.4 Å². The maximum absolute atomic E-state index is 13.3. The first-order valence-electron chi connectivity index (χ1n) is 12.5. The molecule has 38 heavy (non-hydrogen) atoms. The Hall–Kier alpha value is -3.83. The first-order chi connectivity index (χ1) is 18.1. The van der Waals surface area contributed by atoms with E-state index < -0.39 is 23.8 Å². The van der Waals surface area contributed by atoms with E-state index in [9.17, 15) is 9.59 Å². The predicted molar refractivity (Wildman–Crippen MR) is 152 cm³/mol. The van der Waals surface area contributed by atoms with Gasteiger partial charge in [-0.1, -0.05) is 84.4 Å². The Morgan fingerprint density at radius 2 is 1.45 bits per heavy atom. The van der Waals surface area contributed by atoms with Crippen molar-refractivity contribution in [3.05, 3.63) is 119 Å². The van der Waals surface area contributed by atoms with Crippen molar-refractivity contribution < 1.29 is 19.1 Å². The lowest BCUT2D eigenvalue weighted by Crippen LogP contribution is -2.38. The fourth-order valence-corrected chi connectivity index (χ4v) is 4.44. The zero-order valence-electron chi connectivity index (χ0n) is 22.1. The maximum Gasteiger partial charge on any atom is 0.410 e. The summed E-state index contributed by atoms with van der Waals surface area (Å²) in [4.78, 5) is 27.8. The lowest BCUT2D eigenvalue weighted by Gasteiger charge is -2.32. The molecule has 0 N–H and O–H groups in total. The molecule has 0 radical (unpaired) electrons. The van der Waals surface area contributed by atoms with Crippen LogP contribution in [0.3, 0.4) is 0 Å². The van der Waals surface area contributed by atoms with Crippen LogP contribution in [0.25, 0.3) is 10.8 Å². The largest absolute Gasteiger partial charge is 0.453 e. The fourth-order valence-electron chi connectivity index (χ4n) is 4.32. The summed E-state index contributed by atoms with van der Waals surface area (Å²) in [7, 11) is 1.70. The van der Waals surface area contributed by atoms with Crippen molar-refractivity contribution in [2.24, 2.45) is 0 Å². The number of hydrogen-bond acceptors (Lipinski definition) is 4. The van der Waals surface area contributed by atoms with Crippen molar-refractivity contribution in [2.45, 2.75) is 38.4 Å². The molecule has 5 nitrogen and oxygen atoms in total. The quantitative estimate of drug-likeness (QED) is 0.227. The zero-order valence-corrected chi connectivity index (χ0v) is 22.8. The highest BCUT2D eigenvalue weighted by Crippen LogP contribution is 2.37. The molecule has 0 saturated heterocycles. The lowest BCUT2D eigenvalue weighted by atomic mass is 9.87. The molecule has 0 aliphatic carbocycles. The van der Waals surface area contributed by atoms with Crippen molar-refractivity contribution >= 4 is 34.4 Å². The predicted octanol–water partition coefficient (Wildman–Crippen LogP) is 8.04. The molecular formula is C32H32ClNO4. The minimum Gasteiger partial charge on any atom is -0.453 e. The van der Waals surface area contributed by atoms with E-state index in [2.05, 4.69) is 12.1 Å². The van der Waals surface area contributed by atoms with Gasteiger partial charge in [0, 0.05) is 24.5 Å². The van der Waals surface area contributed by atoms with Crippen LogP contribution in [-0.2, 0) is 9.47 Å². The summed E-state index contributed by atoms with van der Waals surface area (Å²) in [6.07, 6.45) is -1.12. The number of halogens is 1. The molecule has 6 heteroatoms. The first kappa shape index (κ1) is 27.2. The normalized spacial score (nSPS) is 13.0. The van der Waals surface area contributed by atoms with Gasteiger partial charge in [-0.2, -0.15) is 0 Å². The Morgan fingerprint density at radius 1 is 0.816 bits per heavy atom. The van der Waals surface area contributed by atoms with Crippen LogP contribution >= 0.6 is 11.6 Å². The number of fused-ring (bicyclic) bond motifs is 1.